The van der Waals surface area contributed by atoms with Crippen molar-refractivity contribution in [2.75, 3.05) is 12.4 Å². The summed E-state index contributed by atoms with van der Waals surface area (Å²) in [6.07, 6.45) is 7.60. The van der Waals surface area contributed by atoms with E-state index in [0.717, 1.165) is 11.6 Å². The van der Waals surface area contributed by atoms with Crippen molar-refractivity contribution in [1.82, 2.24) is 9.97 Å². The number of rotatable bonds is 2. The number of aromatic nitrogens is 2. The van der Waals surface area contributed by atoms with E-state index in [0.29, 0.717) is 5.92 Å². The number of fused-ring (bicyclic) bond motifs is 3. The van der Waals surface area contributed by atoms with Gasteiger partial charge >= 0.3 is 0 Å². The summed E-state index contributed by atoms with van der Waals surface area (Å²) in [5, 5.41) is 4.59. The molecule has 0 saturated heterocycles. The van der Waals surface area contributed by atoms with Crippen LogP contribution in [0, 0.1) is 0 Å². The lowest BCUT2D eigenvalue weighted by Crippen LogP contribution is -2.13. The van der Waals surface area contributed by atoms with E-state index in [9.17, 15) is 0 Å². The fourth-order valence-corrected chi connectivity index (χ4v) is 4.31. The van der Waals surface area contributed by atoms with E-state index in [-0.39, 0.29) is 0 Å². The van der Waals surface area contributed by atoms with Crippen molar-refractivity contribution < 1.29 is 0 Å². The third-order valence-electron chi connectivity index (χ3n) is 4.29. The summed E-state index contributed by atoms with van der Waals surface area (Å²) < 4.78 is 0. The van der Waals surface area contributed by atoms with E-state index in [2.05, 4.69) is 5.32 Å². The fraction of sp³-hybridized carbons (Fsp3) is 0.571. The maximum absolute atomic E-state index is 4.84. The van der Waals surface area contributed by atoms with Gasteiger partial charge in [-0.3, -0.25) is 0 Å². The normalized spacial score (nSPS) is 18.9. The van der Waals surface area contributed by atoms with Crippen LogP contribution in [0.15, 0.2) is 0 Å². The van der Waals surface area contributed by atoms with E-state index in [4.69, 9.17) is 9.97 Å². The number of anilines is 1. The highest BCUT2D eigenvalue weighted by Crippen LogP contribution is 2.42. The molecule has 0 aliphatic heterocycles. The molecule has 2 aliphatic carbocycles. The van der Waals surface area contributed by atoms with Gasteiger partial charge in [0.1, 0.15) is 16.5 Å². The SMILES string of the molecule is CNc1nc(C2CCC2)nc2sc3c(c12)CCC3. The van der Waals surface area contributed by atoms with Gasteiger partial charge in [0.15, 0.2) is 0 Å². The summed E-state index contributed by atoms with van der Waals surface area (Å²) in [6, 6.07) is 0. The molecule has 4 rings (SSSR count). The van der Waals surface area contributed by atoms with Gasteiger partial charge < -0.3 is 5.32 Å². The van der Waals surface area contributed by atoms with E-state index >= 15 is 0 Å². The van der Waals surface area contributed by atoms with Crippen LogP contribution in [-0.2, 0) is 12.8 Å². The van der Waals surface area contributed by atoms with Crippen LogP contribution in [0.2, 0.25) is 0 Å². The molecule has 0 amide bonds. The summed E-state index contributed by atoms with van der Waals surface area (Å²) in [7, 11) is 1.98. The Hall–Kier alpha value is -1.16. The number of nitrogens with one attached hydrogen (secondary N) is 1. The summed E-state index contributed by atoms with van der Waals surface area (Å²) in [5.74, 6) is 2.73. The van der Waals surface area contributed by atoms with Crippen molar-refractivity contribution in [3.8, 4) is 0 Å². The molecule has 3 nitrogen and oxygen atoms in total. The molecular weight excluding hydrogens is 242 g/mol. The van der Waals surface area contributed by atoms with Crippen molar-refractivity contribution in [2.45, 2.75) is 44.4 Å². The molecule has 1 N–H and O–H groups in total. The average molecular weight is 259 g/mol. The number of nitrogens with zero attached hydrogens (tertiary/aromatic N) is 2. The van der Waals surface area contributed by atoms with Crippen molar-refractivity contribution in [3.05, 3.63) is 16.3 Å². The molecule has 2 aromatic rings. The van der Waals surface area contributed by atoms with Crippen LogP contribution in [0.1, 0.15) is 47.9 Å². The minimum Gasteiger partial charge on any atom is -0.372 e. The molecule has 0 spiro atoms. The van der Waals surface area contributed by atoms with E-state index < -0.39 is 0 Å². The second kappa shape index (κ2) is 3.92. The lowest BCUT2D eigenvalue weighted by molar-refractivity contribution is 0.403. The Bertz CT molecular complexity index is 613. The van der Waals surface area contributed by atoms with Crippen molar-refractivity contribution in [3.63, 3.8) is 0 Å². The van der Waals surface area contributed by atoms with Crippen molar-refractivity contribution in [2.24, 2.45) is 0 Å². The molecule has 2 heterocycles. The molecule has 2 aromatic heterocycles. The summed E-state index contributed by atoms with van der Waals surface area (Å²) in [5.41, 5.74) is 1.51. The lowest BCUT2D eigenvalue weighted by atomic mass is 9.85. The molecule has 1 saturated carbocycles. The average Bonchev–Trinajstić information content (AvgIpc) is 2.85. The maximum atomic E-state index is 4.84. The Morgan fingerprint density at radius 2 is 2.06 bits per heavy atom. The number of aryl methyl sites for hydroxylation is 2. The van der Waals surface area contributed by atoms with Crippen LogP contribution in [0.4, 0.5) is 5.82 Å². The minimum atomic E-state index is 0.610. The predicted molar refractivity (Wildman–Crippen MR) is 75.6 cm³/mol. The van der Waals surface area contributed by atoms with Crippen LogP contribution < -0.4 is 5.32 Å². The Labute approximate surface area is 111 Å². The summed E-state index contributed by atoms with van der Waals surface area (Å²) in [4.78, 5) is 12.4. The quantitative estimate of drug-likeness (QED) is 0.897. The van der Waals surface area contributed by atoms with Gasteiger partial charge in [0.25, 0.3) is 0 Å². The zero-order chi connectivity index (χ0) is 12.1. The monoisotopic (exact) mass is 259 g/mol. The second-order valence-corrected chi connectivity index (χ2v) is 6.43. The second-order valence-electron chi connectivity index (χ2n) is 5.35. The van der Waals surface area contributed by atoms with Crippen molar-refractivity contribution in [1.29, 1.82) is 0 Å². The van der Waals surface area contributed by atoms with Crippen LogP contribution in [-0.4, -0.2) is 17.0 Å². The third kappa shape index (κ3) is 1.41. The van der Waals surface area contributed by atoms with Gasteiger partial charge in [-0.25, -0.2) is 9.97 Å². The predicted octanol–water partition coefficient (Wildman–Crippen LogP) is 3.49. The van der Waals surface area contributed by atoms with E-state index in [1.54, 1.807) is 4.88 Å². The first-order valence-corrected chi connectivity index (χ1v) is 7.68. The Morgan fingerprint density at radius 1 is 1.17 bits per heavy atom. The van der Waals surface area contributed by atoms with Gasteiger partial charge in [0, 0.05) is 17.8 Å². The number of hydrogen-bond donors (Lipinski definition) is 1. The van der Waals surface area contributed by atoms with Gasteiger partial charge in [-0.1, -0.05) is 6.42 Å². The Balaban J connectivity index is 1.93. The van der Waals surface area contributed by atoms with E-state index in [1.165, 1.54) is 54.3 Å². The fourth-order valence-electron chi connectivity index (χ4n) is 3.04. The first kappa shape index (κ1) is 10.7. The van der Waals surface area contributed by atoms with Crippen molar-refractivity contribution >= 4 is 27.4 Å². The largest absolute Gasteiger partial charge is 0.372 e. The van der Waals surface area contributed by atoms with Gasteiger partial charge in [-0.2, -0.15) is 0 Å². The van der Waals surface area contributed by atoms with Crippen LogP contribution in [0.5, 0.6) is 0 Å². The standard InChI is InChI=1S/C14H17N3S/c1-15-13-11-9-6-3-7-10(9)18-14(11)17-12(16-13)8-4-2-5-8/h8H,2-7H2,1H3,(H,15,16,17). The molecule has 0 bridgehead atoms. The molecule has 18 heavy (non-hydrogen) atoms. The molecule has 0 aromatic carbocycles. The molecule has 2 aliphatic rings. The molecule has 1 fully saturated rings. The topological polar surface area (TPSA) is 37.8 Å². The van der Waals surface area contributed by atoms with E-state index in [1.807, 2.05) is 18.4 Å². The highest BCUT2D eigenvalue weighted by atomic mass is 32.1. The van der Waals surface area contributed by atoms with Gasteiger partial charge in [0.05, 0.1) is 5.39 Å². The zero-order valence-corrected chi connectivity index (χ0v) is 11.4. The molecule has 94 valence electrons. The summed E-state index contributed by atoms with van der Waals surface area (Å²) >= 11 is 1.89. The molecule has 0 atom stereocenters. The number of thiophene rings is 1. The highest BCUT2D eigenvalue weighted by Gasteiger charge is 2.26. The van der Waals surface area contributed by atoms with Gasteiger partial charge in [0.2, 0.25) is 0 Å². The molecule has 0 radical (unpaired) electrons. The third-order valence-corrected chi connectivity index (χ3v) is 5.47. The number of hydrogen-bond acceptors (Lipinski definition) is 4. The Morgan fingerprint density at radius 3 is 2.78 bits per heavy atom. The first-order chi connectivity index (χ1) is 8.86. The Kier molecular flexibility index (Phi) is 2.34. The van der Waals surface area contributed by atoms with Crippen LogP contribution in [0.25, 0.3) is 10.2 Å². The minimum absolute atomic E-state index is 0.610. The molecular formula is C14H17N3S. The zero-order valence-electron chi connectivity index (χ0n) is 10.6. The molecule has 0 unspecified atom stereocenters. The van der Waals surface area contributed by atoms with Crippen LogP contribution >= 0.6 is 11.3 Å². The molecule has 4 heteroatoms. The first-order valence-electron chi connectivity index (χ1n) is 6.86. The smallest absolute Gasteiger partial charge is 0.138 e. The highest BCUT2D eigenvalue weighted by molar-refractivity contribution is 7.19. The van der Waals surface area contributed by atoms with Gasteiger partial charge in [-0.05, 0) is 37.7 Å². The van der Waals surface area contributed by atoms with Gasteiger partial charge in [-0.15, -0.1) is 11.3 Å². The van der Waals surface area contributed by atoms with Crippen LogP contribution in [0.3, 0.4) is 0 Å². The summed E-state index contributed by atoms with van der Waals surface area (Å²) in [6.45, 7) is 0. The lowest BCUT2D eigenvalue weighted by Gasteiger charge is -2.24. The maximum Gasteiger partial charge on any atom is 0.138 e.